The first-order valence-electron chi connectivity index (χ1n) is 8.12. The van der Waals surface area contributed by atoms with E-state index >= 15 is 0 Å². The highest BCUT2D eigenvalue weighted by atomic mass is 16.7. The molecule has 122 valence electrons. The standard InChI is InChI=1S/C18H27NO3/c1-14-7-6-9-18(11-14)15(2)19-22-10-5-4-8-17-12-20-16(3)21-13-17/h6-7,9,11,16-17H,4-5,8,10,12-13H2,1-3H3. The Morgan fingerprint density at radius 1 is 1.27 bits per heavy atom. The number of unbranched alkanes of at least 4 members (excludes halogenated alkanes) is 1. The number of benzene rings is 1. The predicted molar refractivity (Wildman–Crippen MR) is 88.0 cm³/mol. The summed E-state index contributed by atoms with van der Waals surface area (Å²) in [7, 11) is 0. The van der Waals surface area contributed by atoms with Crippen LogP contribution in [0.2, 0.25) is 0 Å². The molecule has 1 aliphatic heterocycles. The largest absolute Gasteiger partial charge is 0.396 e. The lowest BCUT2D eigenvalue weighted by molar-refractivity contribution is -0.191. The lowest BCUT2D eigenvalue weighted by Crippen LogP contribution is -2.29. The van der Waals surface area contributed by atoms with E-state index in [9.17, 15) is 0 Å². The molecule has 1 heterocycles. The van der Waals surface area contributed by atoms with Crippen LogP contribution in [-0.2, 0) is 14.3 Å². The molecule has 1 aromatic rings. The normalized spacial score (nSPS) is 22.6. The zero-order chi connectivity index (χ0) is 15.8. The van der Waals surface area contributed by atoms with Crippen LogP contribution >= 0.6 is 0 Å². The minimum Gasteiger partial charge on any atom is -0.396 e. The second-order valence-corrected chi connectivity index (χ2v) is 5.98. The molecule has 0 atom stereocenters. The van der Waals surface area contributed by atoms with E-state index in [2.05, 4.69) is 30.3 Å². The molecular formula is C18H27NO3. The van der Waals surface area contributed by atoms with Crippen LogP contribution in [-0.4, -0.2) is 31.8 Å². The van der Waals surface area contributed by atoms with Crippen molar-refractivity contribution in [2.45, 2.75) is 46.3 Å². The summed E-state index contributed by atoms with van der Waals surface area (Å²) in [5.41, 5.74) is 3.27. The number of ether oxygens (including phenoxy) is 2. The van der Waals surface area contributed by atoms with E-state index in [1.54, 1.807) is 0 Å². The van der Waals surface area contributed by atoms with Crippen LogP contribution in [0.25, 0.3) is 0 Å². The molecule has 4 heteroatoms. The van der Waals surface area contributed by atoms with Gasteiger partial charge in [-0.05, 0) is 45.6 Å². The smallest absolute Gasteiger partial charge is 0.154 e. The van der Waals surface area contributed by atoms with Gasteiger partial charge in [-0.15, -0.1) is 0 Å². The fraction of sp³-hybridized carbons (Fsp3) is 0.611. The van der Waals surface area contributed by atoms with Crippen LogP contribution < -0.4 is 0 Å². The summed E-state index contributed by atoms with van der Waals surface area (Å²) in [6.45, 7) is 8.29. The average Bonchev–Trinajstić information content (AvgIpc) is 2.52. The van der Waals surface area contributed by atoms with Gasteiger partial charge in [0.15, 0.2) is 6.29 Å². The third-order valence-corrected chi connectivity index (χ3v) is 3.87. The molecule has 0 bridgehead atoms. The fourth-order valence-electron chi connectivity index (χ4n) is 2.47. The van der Waals surface area contributed by atoms with E-state index in [1.165, 1.54) is 5.56 Å². The molecule has 0 N–H and O–H groups in total. The first-order chi connectivity index (χ1) is 10.6. The summed E-state index contributed by atoms with van der Waals surface area (Å²) < 4.78 is 11.0. The number of nitrogens with zero attached hydrogens (tertiary/aromatic N) is 1. The van der Waals surface area contributed by atoms with Gasteiger partial charge in [0.25, 0.3) is 0 Å². The van der Waals surface area contributed by atoms with Crippen molar-refractivity contribution in [3.05, 3.63) is 35.4 Å². The predicted octanol–water partition coefficient (Wildman–Crippen LogP) is 3.91. The fourth-order valence-corrected chi connectivity index (χ4v) is 2.47. The van der Waals surface area contributed by atoms with Gasteiger partial charge in [0.2, 0.25) is 0 Å². The Balaban J connectivity index is 1.59. The lowest BCUT2D eigenvalue weighted by atomic mass is 10.0. The van der Waals surface area contributed by atoms with Crippen molar-refractivity contribution < 1.29 is 14.3 Å². The Morgan fingerprint density at radius 2 is 2.05 bits per heavy atom. The highest BCUT2D eigenvalue weighted by Gasteiger charge is 2.18. The molecule has 0 unspecified atom stereocenters. The highest BCUT2D eigenvalue weighted by molar-refractivity contribution is 5.98. The summed E-state index contributed by atoms with van der Waals surface area (Å²) >= 11 is 0. The van der Waals surface area contributed by atoms with Gasteiger partial charge in [-0.3, -0.25) is 0 Å². The van der Waals surface area contributed by atoms with Crippen molar-refractivity contribution in [3.63, 3.8) is 0 Å². The second kappa shape index (κ2) is 8.91. The van der Waals surface area contributed by atoms with Crippen LogP contribution in [0.4, 0.5) is 0 Å². The Hall–Kier alpha value is -1.39. The molecule has 1 saturated heterocycles. The van der Waals surface area contributed by atoms with E-state index in [0.717, 1.165) is 43.8 Å². The van der Waals surface area contributed by atoms with E-state index < -0.39 is 0 Å². The number of hydrogen-bond donors (Lipinski definition) is 0. The minimum atomic E-state index is -0.0430. The Morgan fingerprint density at radius 3 is 2.77 bits per heavy atom. The summed E-state index contributed by atoms with van der Waals surface area (Å²) in [5, 5.41) is 4.20. The Kier molecular flexibility index (Phi) is 6.87. The Bertz CT molecular complexity index is 479. The van der Waals surface area contributed by atoms with E-state index in [0.29, 0.717) is 12.5 Å². The maximum absolute atomic E-state index is 5.48. The van der Waals surface area contributed by atoms with Crippen LogP contribution in [0.1, 0.15) is 44.2 Å². The molecule has 22 heavy (non-hydrogen) atoms. The minimum absolute atomic E-state index is 0.0430. The van der Waals surface area contributed by atoms with Gasteiger partial charge in [-0.25, -0.2) is 0 Å². The van der Waals surface area contributed by atoms with E-state index in [1.807, 2.05) is 19.9 Å². The maximum atomic E-state index is 5.48. The molecule has 1 aromatic carbocycles. The molecule has 0 aromatic heterocycles. The van der Waals surface area contributed by atoms with Crippen LogP contribution in [0.5, 0.6) is 0 Å². The van der Waals surface area contributed by atoms with Crippen molar-refractivity contribution in [2.24, 2.45) is 11.1 Å². The zero-order valence-corrected chi connectivity index (χ0v) is 13.9. The summed E-state index contributed by atoms with van der Waals surface area (Å²) in [6.07, 6.45) is 3.21. The van der Waals surface area contributed by atoms with Gasteiger partial charge in [0.1, 0.15) is 6.61 Å². The molecule has 0 aliphatic carbocycles. The van der Waals surface area contributed by atoms with Gasteiger partial charge in [-0.2, -0.15) is 0 Å². The number of oxime groups is 1. The van der Waals surface area contributed by atoms with E-state index in [-0.39, 0.29) is 6.29 Å². The first-order valence-corrected chi connectivity index (χ1v) is 8.12. The van der Waals surface area contributed by atoms with Crippen LogP contribution in [0.3, 0.4) is 0 Å². The van der Waals surface area contributed by atoms with Gasteiger partial charge in [0, 0.05) is 5.92 Å². The molecule has 1 aliphatic rings. The number of aryl methyl sites for hydroxylation is 1. The van der Waals surface area contributed by atoms with Gasteiger partial charge < -0.3 is 14.3 Å². The van der Waals surface area contributed by atoms with Gasteiger partial charge in [0.05, 0.1) is 18.9 Å². The summed E-state index contributed by atoms with van der Waals surface area (Å²) in [6, 6.07) is 8.29. The molecule has 0 saturated carbocycles. The van der Waals surface area contributed by atoms with Crippen molar-refractivity contribution in [2.75, 3.05) is 19.8 Å². The third-order valence-electron chi connectivity index (χ3n) is 3.87. The van der Waals surface area contributed by atoms with Crippen LogP contribution in [0, 0.1) is 12.8 Å². The number of hydrogen-bond acceptors (Lipinski definition) is 4. The second-order valence-electron chi connectivity index (χ2n) is 5.98. The SMILES string of the molecule is CC(=NOCCCCC1COC(C)OC1)c1cccc(C)c1. The molecule has 0 radical (unpaired) electrons. The maximum Gasteiger partial charge on any atom is 0.154 e. The van der Waals surface area contributed by atoms with Crippen molar-refractivity contribution in [1.82, 2.24) is 0 Å². The molecular weight excluding hydrogens is 278 g/mol. The quantitative estimate of drug-likeness (QED) is 0.435. The van der Waals surface area contributed by atoms with E-state index in [4.69, 9.17) is 14.3 Å². The number of rotatable bonds is 7. The topological polar surface area (TPSA) is 40.0 Å². The van der Waals surface area contributed by atoms with Crippen molar-refractivity contribution in [3.8, 4) is 0 Å². The Labute approximate surface area is 133 Å². The van der Waals surface area contributed by atoms with Gasteiger partial charge in [-0.1, -0.05) is 35.0 Å². The summed E-state index contributed by atoms with van der Waals surface area (Å²) in [4.78, 5) is 5.42. The first kappa shape index (κ1) is 17.0. The average molecular weight is 305 g/mol. The molecule has 2 rings (SSSR count). The lowest BCUT2D eigenvalue weighted by Gasteiger charge is -2.27. The zero-order valence-electron chi connectivity index (χ0n) is 13.9. The highest BCUT2D eigenvalue weighted by Crippen LogP contribution is 2.16. The molecule has 1 fully saturated rings. The van der Waals surface area contributed by atoms with Crippen molar-refractivity contribution in [1.29, 1.82) is 0 Å². The monoisotopic (exact) mass is 305 g/mol. The van der Waals surface area contributed by atoms with Crippen LogP contribution in [0.15, 0.2) is 29.4 Å². The molecule has 4 nitrogen and oxygen atoms in total. The third kappa shape index (κ3) is 5.78. The van der Waals surface area contributed by atoms with Crippen molar-refractivity contribution >= 4 is 5.71 Å². The molecule has 0 amide bonds. The summed E-state index contributed by atoms with van der Waals surface area (Å²) in [5.74, 6) is 0.522. The van der Waals surface area contributed by atoms with Gasteiger partial charge >= 0.3 is 0 Å². The molecule has 0 spiro atoms.